The third kappa shape index (κ3) is 3.00. The number of phenols is 1. The second kappa shape index (κ2) is 5.38. The Morgan fingerprint density at radius 2 is 1.89 bits per heavy atom. The average Bonchev–Trinajstić information content (AvgIpc) is 2.32. The van der Waals surface area contributed by atoms with Gasteiger partial charge in [-0.1, -0.05) is 35.3 Å². The highest BCUT2D eigenvalue weighted by Crippen LogP contribution is 2.20. The molecule has 0 aliphatic heterocycles. The molecule has 0 aliphatic carbocycles. The predicted molar refractivity (Wildman–Crippen MR) is 70.4 cm³/mol. The highest BCUT2D eigenvalue weighted by molar-refractivity contribution is 6.36. The maximum absolute atomic E-state index is 12.0. The number of hydrogen-bond donors (Lipinski definition) is 1. The van der Waals surface area contributed by atoms with Crippen molar-refractivity contribution >= 4 is 29.0 Å². The first-order chi connectivity index (χ1) is 8.56. The number of pyridine rings is 1. The molecule has 0 spiro atoms. The lowest BCUT2D eigenvalue weighted by molar-refractivity contribution is 0.0988. The summed E-state index contributed by atoms with van der Waals surface area (Å²) in [5.74, 6) is -0.0313. The second-order valence-corrected chi connectivity index (χ2v) is 4.59. The summed E-state index contributed by atoms with van der Waals surface area (Å²) in [4.78, 5) is 15.9. The minimum Gasteiger partial charge on any atom is -0.508 e. The number of aromatic hydroxyl groups is 1. The molecule has 1 aromatic carbocycles. The Labute approximate surface area is 114 Å². The maximum Gasteiger partial charge on any atom is 0.187 e. The Hall–Kier alpha value is -1.58. The predicted octanol–water partition coefficient (Wildman–Crippen LogP) is 3.52. The number of hydrogen-bond acceptors (Lipinski definition) is 3. The van der Waals surface area contributed by atoms with E-state index in [-0.39, 0.29) is 28.7 Å². The monoisotopic (exact) mass is 281 g/mol. The molecule has 0 unspecified atom stereocenters. The molecule has 92 valence electrons. The number of benzene rings is 1. The molecule has 0 saturated heterocycles. The SMILES string of the molecule is O=C(Cc1ccc(O)cc1)c1ncc(Cl)cc1Cl. The molecule has 0 aliphatic rings. The molecule has 3 nitrogen and oxygen atoms in total. The molecule has 1 N–H and O–H groups in total. The van der Waals surface area contributed by atoms with Crippen LogP contribution in [0.2, 0.25) is 10.0 Å². The minimum atomic E-state index is -0.192. The summed E-state index contributed by atoms with van der Waals surface area (Å²) in [6.45, 7) is 0. The van der Waals surface area contributed by atoms with Crippen LogP contribution in [-0.2, 0) is 6.42 Å². The lowest BCUT2D eigenvalue weighted by atomic mass is 10.1. The van der Waals surface area contributed by atoms with Crippen molar-refractivity contribution < 1.29 is 9.90 Å². The summed E-state index contributed by atoms with van der Waals surface area (Å²) in [7, 11) is 0. The standard InChI is InChI=1S/C13H9Cl2NO2/c14-9-6-11(15)13(16-7-9)12(18)5-8-1-3-10(17)4-2-8/h1-4,6-7,17H,5H2. The van der Waals surface area contributed by atoms with Gasteiger partial charge < -0.3 is 5.11 Å². The molecular formula is C13H9Cl2NO2. The molecule has 1 heterocycles. The molecule has 2 aromatic rings. The Balaban J connectivity index is 2.19. The summed E-state index contributed by atoms with van der Waals surface area (Å²) in [6.07, 6.45) is 1.56. The van der Waals surface area contributed by atoms with Crippen molar-refractivity contribution in [3.05, 3.63) is 57.8 Å². The summed E-state index contributed by atoms with van der Waals surface area (Å²) in [5, 5.41) is 9.78. The zero-order chi connectivity index (χ0) is 13.1. The fourth-order valence-electron chi connectivity index (χ4n) is 1.50. The molecule has 5 heteroatoms. The lowest BCUT2D eigenvalue weighted by Gasteiger charge is -2.03. The quantitative estimate of drug-likeness (QED) is 0.876. The number of ketones is 1. The van der Waals surface area contributed by atoms with Crippen LogP contribution in [0.3, 0.4) is 0 Å². The van der Waals surface area contributed by atoms with Crippen molar-refractivity contribution in [2.75, 3.05) is 0 Å². The van der Waals surface area contributed by atoms with Gasteiger partial charge in [0, 0.05) is 12.6 Å². The Morgan fingerprint density at radius 3 is 2.50 bits per heavy atom. The van der Waals surface area contributed by atoms with Crippen LogP contribution < -0.4 is 0 Å². The third-order valence-electron chi connectivity index (χ3n) is 2.37. The van der Waals surface area contributed by atoms with Gasteiger partial charge >= 0.3 is 0 Å². The number of carbonyl (C=O) groups excluding carboxylic acids is 1. The van der Waals surface area contributed by atoms with Gasteiger partial charge in [0.05, 0.1) is 10.0 Å². The third-order valence-corrected chi connectivity index (χ3v) is 2.87. The fourth-order valence-corrected chi connectivity index (χ4v) is 1.99. The van der Waals surface area contributed by atoms with Crippen LogP contribution >= 0.6 is 23.2 Å². The maximum atomic E-state index is 12.0. The van der Waals surface area contributed by atoms with Gasteiger partial charge in [-0.25, -0.2) is 4.98 Å². The van der Waals surface area contributed by atoms with Crippen molar-refractivity contribution in [1.82, 2.24) is 4.98 Å². The highest BCUT2D eigenvalue weighted by Gasteiger charge is 2.13. The van der Waals surface area contributed by atoms with E-state index in [4.69, 9.17) is 28.3 Å². The molecule has 18 heavy (non-hydrogen) atoms. The number of carbonyl (C=O) groups is 1. The van der Waals surface area contributed by atoms with Gasteiger partial charge in [0.15, 0.2) is 5.78 Å². The van der Waals surface area contributed by atoms with E-state index in [1.54, 1.807) is 12.1 Å². The van der Waals surface area contributed by atoms with Crippen LogP contribution in [0.5, 0.6) is 5.75 Å². The first-order valence-electron chi connectivity index (χ1n) is 5.18. The van der Waals surface area contributed by atoms with E-state index in [9.17, 15) is 4.79 Å². The number of aromatic nitrogens is 1. The Bertz CT molecular complexity index is 582. The largest absolute Gasteiger partial charge is 0.508 e. The van der Waals surface area contributed by atoms with Crippen molar-refractivity contribution in [1.29, 1.82) is 0 Å². The molecule has 0 amide bonds. The smallest absolute Gasteiger partial charge is 0.187 e. The lowest BCUT2D eigenvalue weighted by Crippen LogP contribution is -2.06. The van der Waals surface area contributed by atoms with Gasteiger partial charge in [0.2, 0.25) is 0 Å². The van der Waals surface area contributed by atoms with E-state index in [0.29, 0.717) is 5.02 Å². The number of nitrogens with zero attached hydrogens (tertiary/aromatic N) is 1. The van der Waals surface area contributed by atoms with Gasteiger partial charge in [0.1, 0.15) is 11.4 Å². The summed E-state index contributed by atoms with van der Waals surface area (Å²) >= 11 is 11.6. The average molecular weight is 282 g/mol. The van der Waals surface area contributed by atoms with Crippen LogP contribution in [0.25, 0.3) is 0 Å². The number of Topliss-reactive ketones (excluding diaryl/α,β-unsaturated/α-hetero) is 1. The molecule has 0 radical (unpaired) electrons. The van der Waals surface area contributed by atoms with Crippen LogP contribution in [-0.4, -0.2) is 15.9 Å². The molecule has 0 bridgehead atoms. The normalized spacial score (nSPS) is 10.3. The van der Waals surface area contributed by atoms with Crippen LogP contribution in [0, 0.1) is 0 Å². The minimum absolute atomic E-state index is 0.161. The number of rotatable bonds is 3. The molecule has 0 saturated carbocycles. The van der Waals surface area contributed by atoms with Gasteiger partial charge in [-0.2, -0.15) is 0 Å². The fraction of sp³-hybridized carbons (Fsp3) is 0.0769. The Kier molecular flexibility index (Phi) is 3.84. The first kappa shape index (κ1) is 12.9. The molecule has 2 rings (SSSR count). The van der Waals surface area contributed by atoms with Crippen molar-refractivity contribution in [2.45, 2.75) is 6.42 Å². The van der Waals surface area contributed by atoms with Gasteiger partial charge in [0.25, 0.3) is 0 Å². The zero-order valence-electron chi connectivity index (χ0n) is 9.23. The zero-order valence-corrected chi connectivity index (χ0v) is 10.7. The van der Waals surface area contributed by atoms with E-state index in [2.05, 4.69) is 4.98 Å². The van der Waals surface area contributed by atoms with Crippen molar-refractivity contribution in [2.24, 2.45) is 0 Å². The highest BCUT2D eigenvalue weighted by atomic mass is 35.5. The van der Waals surface area contributed by atoms with Crippen LogP contribution in [0.15, 0.2) is 36.5 Å². The van der Waals surface area contributed by atoms with E-state index in [0.717, 1.165) is 5.56 Å². The van der Waals surface area contributed by atoms with E-state index in [1.165, 1.54) is 24.4 Å². The first-order valence-corrected chi connectivity index (χ1v) is 5.94. The topological polar surface area (TPSA) is 50.2 Å². The van der Waals surface area contributed by atoms with E-state index >= 15 is 0 Å². The Morgan fingerprint density at radius 1 is 1.22 bits per heavy atom. The molecule has 0 atom stereocenters. The summed E-state index contributed by atoms with van der Waals surface area (Å²) in [6, 6.07) is 7.90. The van der Waals surface area contributed by atoms with Crippen LogP contribution in [0.1, 0.15) is 16.1 Å². The molecular weight excluding hydrogens is 273 g/mol. The summed E-state index contributed by atoms with van der Waals surface area (Å²) < 4.78 is 0. The number of phenolic OH excluding ortho intramolecular Hbond substituents is 1. The van der Waals surface area contributed by atoms with Gasteiger partial charge in [-0.3, -0.25) is 4.79 Å². The van der Waals surface area contributed by atoms with Crippen molar-refractivity contribution in [3.63, 3.8) is 0 Å². The van der Waals surface area contributed by atoms with Crippen molar-refractivity contribution in [3.8, 4) is 5.75 Å². The molecule has 0 fully saturated rings. The molecule has 1 aromatic heterocycles. The van der Waals surface area contributed by atoms with Crippen LogP contribution in [0.4, 0.5) is 0 Å². The van der Waals surface area contributed by atoms with Gasteiger partial charge in [-0.15, -0.1) is 0 Å². The second-order valence-electron chi connectivity index (χ2n) is 3.75. The summed E-state index contributed by atoms with van der Waals surface area (Å²) in [5.41, 5.74) is 0.986. The van der Waals surface area contributed by atoms with E-state index < -0.39 is 0 Å². The number of halogens is 2. The van der Waals surface area contributed by atoms with E-state index in [1.807, 2.05) is 0 Å². The van der Waals surface area contributed by atoms with Gasteiger partial charge in [-0.05, 0) is 23.8 Å².